The lowest BCUT2D eigenvalue weighted by atomic mass is 10.2. The van der Waals surface area contributed by atoms with Crippen LogP contribution >= 0.6 is 0 Å². The molecule has 2 N–H and O–H groups in total. The van der Waals surface area contributed by atoms with Crippen LogP contribution in [0.5, 0.6) is 5.75 Å². The minimum atomic E-state index is 0.0417. The lowest BCUT2D eigenvalue weighted by Crippen LogP contribution is -1.78. The van der Waals surface area contributed by atoms with Gasteiger partial charge >= 0.3 is 0 Å². The molecule has 46 valence electrons. The van der Waals surface area contributed by atoms with Gasteiger partial charge in [-0.3, -0.25) is 0 Å². The van der Waals surface area contributed by atoms with Gasteiger partial charge < -0.3 is 10.2 Å². The molecule has 1 aromatic rings. The van der Waals surface area contributed by atoms with Crippen molar-refractivity contribution in [3.8, 4) is 5.75 Å². The third-order valence-corrected chi connectivity index (χ3v) is 1.02. The van der Waals surface area contributed by atoms with E-state index in [2.05, 4.69) is 0 Å². The van der Waals surface area contributed by atoms with Crippen molar-refractivity contribution in [1.29, 1.82) is 0 Å². The summed E-state index contributed by atoms with van der Waals surface area (Å²) in [6.07, 6.45) is 0. The zero-order valence-electron chi connectivity index (χ0n) is 4.70. The van der Waals surface area contributed by atoms with Gasteiger partial charge in [0.25, 0.3) is 0 Å². The molecule has 9 heavy (non-hydrogen) atoms. The molecule has 0 spiro atoms. The fourth-order valence-electron chi connectivity index (χ4n) is 0.568. The Morgan fingerprint density at radius 2 is 1.89 bits per heavy atom. The van der Waals surface area contributed by atoms with Crippen LogP contribution in [0.15, 0.2) is 24.3 Å². The first-order valence-electron chi connectivity index (χ1n) is 2.52. The molecular formula is C7H6O2. The third kappa shape index (κ3) is 1.21. The highest BCUT2D eigenvalue weighted by atomic mass is 16.3. The highest BCUT2D eigenvalue weighted by Gasteiger charge is 1.95. The lowest BCUT2D eigenvalue weighted by molar-refractivity contribution is 0.400. The number of benzene rings is 1. The molecule has 0 aliphatic heterocycles. The molecule has 0 bridgehead atoms. The van der Waals surface area contributed by atoms with E-state index >= 15 is 0 Å². The largest absolute Gasteiger partial charge is 0.508 e. The van der Waals surface area contributed by atoms with Gasteiger partial charge in [0.1, 0.15) is 5.75 Å². The third-order valence-electron chi connectivity index (χ3n) is 1.02. The maximum Gasteiger partial charge on any atom is 0.166 e. The second-order valence-corrected chi connectivity index (χ2v) is 1.63. The molecule has 0 amide bonds. The summed E-state index contributed by atoms with van der Waals surface area (Å²) in [5.74, 6) is 0.0417. The summed E-state index contributed by atoms with van der Waals surface area (Å²) < 4.78 is 0. The van der Waals surface area contributed by atoms with Crippen molar-refractivity contribution in [2.24, 2.45) is 0 Å². The van der Waals surface area contributed by atoms with E-state index in [9.17, 15) is 0 Å². The number of phenolic OH excluding ortho intramolecular Hbond substituents is 1. The fourth-order valence-corrected chi connectivity index (χ4v) is 0.568. The minimum absolute atomic E-state index is 0.0417. The van der Waals surface area contributed by atoms with Crippen LogP contribution in [0, 0.1) is 6.61 Å². The molecule has 0 saturated carbocycles. The average molecular weight is 122 g/mol. The van der Waals surface area contributed by atoms with Gasteiger partial charge in [-0.2, -0.15) is 0 Å². The Morgan fingerprint density at radius 1 is 1.22 bits per heavy atom. The summed E-state index contributed by atoms with van der Waals surface area (Å²) in [5.41, 5.74) is 0.317. The van der Waals surface area contributed by atoms with Crippen molar-refractivity contribution >= 4 is 0 Å². The zero-order chi connectivity index (χ0) is 6.69. The zero-order valence-corrected chi connectivity index (χ0v) is 4.70. The van der Waals surface area contributed by atoms with Gasteiger partial charge in [0.05, 0.1) is 0 Å². The summed E-state index contributed by atoms with van der Waals surface area (Å²) in [7, 11) is 0. The number of aliphatic hydroxyl groups excluding tert-OH is 1. The molecule has 0 aliphatic carbocycles. The van der Waals surface area contributed by atoms with Gasteiger partial charge in [-0.15, -0.1) is 0 Å². The number of phenols is 1. The summed E-state index contributed by atoms with van der Waals surface area (Å²) in [6.45, 7) is 1.85. The van der Waals surface area contributed by atoms with E-state index in [1.165, 1.54) is 6.07 Å². The molecule has 0 fully saturated rings. The first kappa shape index (κ1) is 6.11. The molecule has 1 aromatic carbocycles. The Balaban J connectivity index is 3.01. The van der Waals surface area contributed by atoms with Crippen LogP contribution in [0.25, 0.3) is 0 Å². The van der Waals surface area contributed by atoms with E-state index in [1.807, 2.05) is 6.61 Å². The predicted molar refractivity (Wildman–Crippen MR) is 32.4 cm³/mol. The number of aromatic hydroxyl groups is 1. The van der Waals surface area contributed by atoms with Gasteiger partial charge in [0.2, 0.25) is 0 Å². The molecule has 2 radical (unpaired) electrons. The SMILES string of the molecule is O[C]c1ccccc1O. The van der Waals surface area contributed by atoms with E-state index in [0.29, 0.717) is 5.56 Å². The molecular weight excluding hydrogens is 116 g/mol. The van der Waals surface area contributed by atoms with E-state index in [0.717, 1.165) is 0 Å². The highest BCUT2D eigenvalue weighted by molar-refractivity contribution is 5.35. The highest BCUT2D eigenvalue weighted by Crippen LogP contribution is 2.15. The summed E-state index contributed by atoms with van der Waals surface area (Å²) in [6, 6.07) is 6.43. The van der Waals surface area contributed by atoms with Crippen molar-refractivity contribution in [3.05, 3.63) is 36.4 Å². The molecule has 0 aliphatic rings. The van der Waals surface area contributed by atoms with Gasteiger partial charge in [0.15, 0.2) is 6.61 Å². The fraction of sp³-hybridized carbons (Fsp3) is 0. The molecule has 0 unspecified atom stereocenters. The van der Waals surface area contributed by atoms with Gasteiger partial charge in [-0.05, 0) is 6.07 Å². The van der Waals surface area contributed by atoms with E-state index in [-0.39, 0.29) is 5.75 Å². The number of aliphatic hydroxyl groups is 1. The van der Waals surface area contributed by atoms with Crippen LogP contribution in [0.3, 0.4) is 0 Å². The first-order chi connectivity index (χ1) is 4.34. The lowest BCUT2D eigenvalue weighted by Gasteiger charge is -1.94. The van der Waals surface area contributed by atoms with Gasteiger partial charge in [0, 0.05) is 5.56 Å². The number of hydrogen-bond acceptors (Lipinski definition) is 2. The number of hydrogen-bond donors (Lipinski definition) is 2. The summed E-state index contributed by atoms with van der Waals surface area (Å²) in [4.78, 5) is 0. The average Bonchev–Trinajstić information content (AvgIpc) is 1.89. The quantitative estimate of drug-likeness (QED) is 0.586. The normalized spacial score (nSPS) is 9.44. The van der Waals surface area contributed by atoms with Crippen molar-refractivity contribution in [2.45, 2.75) is 0 Å². The van der Waals surface area contributed by atoms with E-state index in [4.69, 9.17) is 10.2 Å². The summed E-state index contributed by atoms with van der Waals surface area (Å²) >= 11 is 0. The van der Waals surface area contributed by atoms with Crippen molar-refractivity contribution < 1.29 is 10.2 Å². The number of para-hydroxylation sites is 1. The van der Waals surface area contributed by atoms with Crippen LogP contribution in [0.2, 0.25) is 0 Å². The van der Waals surface area contributed by atoms with Gasteiger partial charge in [-0.1, -0.05) is 18.2 Å². The van der Waals surface area contributed by atoms with Gasteiger partial charge in [-0.25, -0.2) is 0 Å². The van der Waals surface area contributed by atoms with Crippen LogP contribution < -0.4 is 0 Å². The minimum Gasteiger partial charge on any atom is -0.508 e. The Bertz CT molecular complexity index is 196. The topological polar surface area (TPSA) is 40.5 Å². The smallest absolute Gasteiger partial charge is 0.166 e. The van der Waals surface area contributed by atoms with Crippen molar-refractivity contribution in [1.82, 2.24) is 0 Å². The Kier molecular flexibility index (Phi) is 1.70. The Hall–Kier alpha value is -1.02. The second-order valence-electron chi connectivity index (χ2n) is 1.63. The monoisotopic (exact) mass is 122 g/mol. The molecule has 1 rings (SSSR count). The molecule has 2 heteroatoms. The van der Waals surface area contributed by atoms with E-state index in [1.54, 1.807) is 18.2 Å². The first-order valence-corrected chi connectivity index (χ1v) is 2.52. The van der Waals surface area contributed by atoms with Crippen molar-refractivity contribution in [2.75, 3.05) is 0 Å². The Labute approximate surface area is 53.4 Å². The molecule has 0 heterocycles. The Morgan fingerprint density at radius 3 is 2.33 bits per heavy atom. The molecule has 0 aromatic heterocycles. The molecule has 0 atom stereocenters. The van der Waals surface area contributed by atoms with Crippen molar-refractivity contribution in [3.63, 3.8) is 0 Å². The predicted octanol–water partition coefficient (Wildman–Crippen LogP) is 1.15. The summed E-state index contributed by atoms with van der Waals surface area (Å²) in [5, 5.41) is 17.2. The maximum atomic E-state index is 8.89. The molecule has 2 nitrogen and oxygen atoms in total. The maximum absolute atomic E-state index is 8.89. The standard InChI is InChI=1S/C7H6O2/c8-5-6-3-1-2-4-7(6)9/h1-4,8-9H. The second kappa shape index (κ2) is 2.51. The van der Waals surface area contributed by atoms with Crippen LogP contribution in [-0.4, -0.2) is 10.2 Å². The van der Waals surface area contributed by atoms with E-state index < -0.39 is 0 Å². The van der Waals surface area contributed by atoms with Crippen LogP contribution in [0.4, 0.5) is 0 Å². The molecule has 0 saturated heterocycles. The van der Waals surface area contributed by atoms with Crippen LogP contribution in [0.1, 0.15) is 5.56 Å². The number of rotatable bonds is 1. The van der Waals surface area contributed by atoms with Crippen LogP contribution in [-0.2, 0) is 0 Å².